The van der Waals surface area contributed by atoms with Gasteiger partial charge in [-0.2, -0.15) is 0 Å². The van der Waals surface area contributed by atoms with Crippen LogP contribution in [-0.4, -0.2) is 20.8 Å². The van der Waals surface area contributed by atoms with Gasteiger partial charge in [-0.1, -0.05) is 11.3 Å². The van der Waals surface area contributed by atoms with Gasteiger partial charge in [-0.3, -0.25) is 4.79 Å². The van der Waals surface area contributed by atoms with Crippen LogP contribution in [0.4, 0.5) is 0 Å². The first-order valence-electron chi connectivity index (χ1n) is 4.46. The monoisotopic (exact) mass is 217 g/mol. The Morgan fingerprint density at radius 3 is 3.20 bits per heavy atom. The number of thiophene rings is 1. The molecule has 3 rings (SSSR count). The Morgan fingerprint density at radius 2 is 2.40 bits per heavy atom. The molecule has 0 amide bonds. The highest BCUT2D eigenvalue weighted by molar-refractivity contribution is 7.25. The van der Waals surface area contributed by atoms with Crippen LogP contribution in [-0.2, 0) is 7.05 Å². The number of fused-ring (bicyclic) bond motifs is 3. The number of carbonyl (C=O) groups is 1. The van der Waals surface area contributed by atoms with Crippen molar-refractivity contribution in [3.8, 4) is 0 Å². The van der Waals surface area contributed by atoms with E-state index in [0.717, 1.165) is 26.8 Å². The van der Waals surface area contributed by atoms with E-state index in [1.54, 1.807) is 22.1 Å². The average molecular weight is 217 g/mol. The Bertz CT molecular complexity index is 668. The quantitative estimate of drug-likeness (QED) is 0.586. The molecule has 0 saturated carbocycles. The zero-order chi connectivity index (χ0) is 10.4. The average Bonchev–Trinajstić information content (AvgIpc) is 2.76. The predicted octanol–water partition coefficient (Wildman–Crippen LogP) is 2.00. The molecule has 3 heterocycles. The van der Waals surface area contributed by atoms with Crippen LogP contribution in [0.3, 0.4) is 0 Å². The highest BCUT2D eigenvalue weighted by Gasteiger charge is 2.13. The molecule has 0 aliphatic heterocycles. The first kappa shape index (κ1) is 8.55. The van der Waals surface area contributed by atoms with E-state index >= 15 is 0 Å². The van der Waals surface area contributed by atoms with Crippen LogP contribution >= 0.6 is 11.3 Å². The second-order valence-electron chi connectivity index (χ2n) is 3.26. The minimum Gasteiger partial charge on any atom is -0.317 e. The number of aryl methyl sites for hydroxylation is 1. The molecule has 3 aromatic rings. The lowest BCUT2D eigenvalue weighted by molar-refractivity contribution is 0.111. The van der Waals surface area contributed by atoms with Gasteiger partial charge in [0.2, 0.25) is 0 Å². The Kier molecular flexibility index (Phi) is 1.63. The Balaban J connectivity index is 2.54. The van der Waals surface area contributed by atoms with Crippen LogP contribution in [0.5, 0.6) is 0 Å². The largest absolute Gasteiger partial charge is 0.317 e. The van der Waals surface area contributed by atoms with E-state index in [1.165, 1.54) is 0 Å². The fraction of sp³-hybridized carbons (Fsp3) is 0.100. The lowest BCUT2D eigenvalue weighted by Crippen LogP contribution is -1.93. The van der Waals surface area contributed by atoms with E-state index in [-0.39, 0.29) is 0 Å². The highest BCUT2D eigenvalue weighted by Crippen LogP contribution is 2.31. The number of nitrogens with zero attached hydrogens (tertiary/aromatic N) is 3. The van der Waals surface area contributed by atoms with Crippen LogP contribution in [0.1, 0.15) is 10.6 Å². The second kappa shape index (κ2) is 2.87. The topological polar surface area (TPSA) is 47.8 Å². The SMILES string of the molecule is Cn1c(C=O)nc2c3cccnc3sc21. The summed E-state index contributed by atoms with van der Waals surface area (Å²) in [6.07, 6.45) is 2.53. The molecule has 4 nitrogen and oxygen atoms in total. The lowest BCUT2D eigenvalue weighted by atomic mass is 10.3. The number of hydrogen-bond acceptors (Lipinski definition) is 4. The van der Waals surface area contributed by atoms with Crippen molar-refractivity contribution in [2.45, 2.75) is 0 Å². The van der Waals surface area contributed by atoms with Gasteiger partial charge < -0.3 is 4.57 Å². The van der Waals surface area contributed by atoms with Gasteiger partial charge in [0, 0.05) is 18.6 Å². The standard InChI is InChI=1S/C10H7N3OS/c1-13-7(5-14)12-8-6-3-2-4-11-9(6)15-10(8)13/h2-5H,1H3. The molecule has 0 spiro atoms. The summed E-state index contributed by atoms with van der Waals surface area (Å²) in [5, 5.41) is 1.02. The molecule has 0 bridgehead atoms. The van der Waals surface area contributed by atoms with Crippen molar-refractivity contribution in [3.05, 3.63) is 24.2 Å². The third kappa shape index (κ3) is 1.04. The zero-order valence-corrected chi connectivity index (χ0v) is 8.78. The van der Waals surface area contributed by atoms with E-state index in [2.05, 4.69) is 9.97 Å². The maximum absolute atomic E-state index is 10.7. The van der Waals surface area contributed by atoms with Crippen LogP contribution in [0, 0.1) is 0 Å². The molecule has 0 radical (unpaired) electrons. The van der Waals surface area contributed by atoms with Crippen molar-refractivity contribution in [1.29, 1.82) is 0 Å². The predicted molar refractivity (Wildman–Crippen MR) is 59.3 cm³/mol. The highest BCUT2D eigenvalue weighted by atomic mass is 32.1. The molecule has 0 aliphatic carbocycles. The molecular weight excluding hydrogens is 210 g/mol. The maximum atomic E-state index is 10.7. The summed E-state index contributed by atoms with van der Waals surface area (Å²) in [7, 11) is 1.84. The number of rotatable bonds is 1. The van der Waals surface area contributed by atoms with Crippen molar-refractivity contribution >= 4 is 38.2 Å². The molecule has 0 saturated heterocycles. The van der Waals surface area contributed by atoms with E-state index in [9.17, 15) is 4.79 Å². The van der Waals surface area contributed by atoms with Crippen molar-refractivity contribution in [2.24, 2.45) is 7.05 Å². The van der Waals surface area contributed by atoms with Gasteiger partial charge in [0.15, 0.2) is 12.1 Å². The minimum atomic E-state index is 0.460. The summed E-state index contributed by atoms with van der Waals surface area (Å²) < 4.78 is 1.80. The maximum Gasteiger partial charge on any atom is 0.185 e. The van der Waals surface area contributed by atoms with Gasteiger partial charge in [0.05, 0.1) is 0 Å². The fourth-order valence-electron chi connectivity index (χ4n) is 1.64. The zero-order valence-electron chi connectivity index (χ0n) is 7.97. The van der Waals surface area contributed by atoms with Gasteiger partial charge in [0.25, 0.3) is 0 Å². The molecule has 0 unspecified atom stereocenters. The summed E-state index contributed by atoms with van der Waals surface area (Å²) in [5.41, 5.74) is 0.868. The molecule has 5 heteroatoms. The fourth-order valence-corrected chi connectivity index (χ4v) is 2.70. The van der Waals surface area contributed by atoms with Crippen molar-refractivity contribution < 1.29 is 4.79 Å². The van der Waals surface area contributed by atoms with Crippen molar-refractivity contribution in [3.63, 3.8) is 0 Å². The molecule has 0 fully saturated rings. The third-order valence-corrected chi connectivity index (χ3v) is 3.58. The molecular formula is C10H7N3OS. The van der Waals surface area contributed by atoms with Gasteiger partial charge in [-0.15, -0.1) is 0 Å². The van der Waals surface area contributed by atoms with Gasteiger partial charge in [-0.25, -0.2) is 9.97 Å². The summed E-state index contributed by atoms with van der Waals surface area (Å²) in [6, 6.07) is 3.85. The number of imidazole rings is 1. The normalized spacial score (nSPS) is 11.3. The number of carbonyl (C=O) groups excluding carboxylic acids is 1. The molecule has 74 valence electrons. The smallest absolute Gasteiger partial charge is 0.185 e. The molecule has 0 aromatic carbocycles. The van der Waals surface area contributed by atoms with Gasteiger partial charge >= 0.3 is 0 Å². The molecule has 15 heavy (non-hydrogen) atoms. The van der Waals surface area contributed by atoms with Crippen molar-refractivity contribution in [2.75, 3.05) is 0 Å². The number of aldehydes is 1. The van der Waals surface area contributed by atoms with E-state index in [1.807, 2.05) is 19.2 Å². The van der Waals surface area contributed by atoms with Crippen LogP contribution < -0.4 is 0 Å². The Hall–Kier alpha value is -1.75. The van der Waals surface area contributed by atoms with Crippen LogP contribution in [0.25, 0.3) is 20.6 Å². The Labute approximate surface area is 89.2 Å². The van der Waals surface area contributed by atoms with Gasteiger partial charge in [-0.05, 0) is 12.1 Å². The van der Waals surface area contributed by atoms with Crippen molar-refractivity contribution in [1.82, 2.24) is 14.5 Å². The van der Waals surface area contributed by atoms with Gasteiger partial charge in [0.1, 0.15) is 15.2 Å². The molecule has 0 atom stereocenters. The molecule has 0 aliphatic rings. The summed E-state index contributed by atoms with van der Waals surface area (Å²) in [6.45, 7) is 0. The number of pyridine rings is 1. The van der Waals surface area contributed by atoms with Crippen LogP contribution in [0.15, 0.2) is 18.3 Å². The summed E-state index contributed by atoms with van der Waals surface area (Å²) in [4.78, 5) is 21.2. The lowest BCUT2D eigenvalue weighted by Gasteiger charge is -1.90. The van der Waals surface area contributed by atoms with E-state index < -0.39 is 0 Å². The Morgan fingerprint density at radius 1 is 1.53 bits per heavy atom. The van der Waals surface area contributed by atoms with Crippen LogP contribution in [0.2, 0.25) is 0 Å². The number of hydrogen-bond donors (Lipinski definition) is 0. The third-order valence-electron chi connectivity index (χ3n) is 2.40. The van der Waals surface area contributed by atoms with E-state index in [4.69, 9.17) is 0 Å². The summed E-state index contributed by atoms with van der Waals surface area (Å²) >= 11 is 1.55. The van der Waals surface area contributed by atoms with E-state index in [0.29, 0.717) is 5.82 Å². The molecule has 3 aromatic heterocycles. The first-order chi connectivity index (χ1) is 7.31. The summed E-state index contributed by atoms with van der Waals surface area (Å²) in [5.74, 6) is 0.460. The molecule has 0 N–H and O–H groups in total. The first-order valence-corrected chi connectivity index (χ1v) is 5.28. The number of aromatic nitrogens is 3. The second-order valence-corrected chi connectivity index (χ2v) is 4.24. The minimum absolute atomic E-state index is 0.460.